The monoisotopic (exact) mass is 273 g/mol. The molecule has 0 fully saturated rings. The zero-order chi connectivity index (χ0) is 13.2. The van der Waals surface area contributed by atoms with Crippen LogP contribution in [-0.4, -0.2) is 14.8 Å². The summed E-state index contributed by atoms with van der Waals surface area (Å²) in [6.07, 6.45) is 3.66. The highest BCUT2D eigenvalue weighted by Crippen LogP contribution is 2.26. The highest BCUT2D eigenvalue weighted by Gasteiger charge is 2.17. The fourth-order valence-corrected chi connectivity index (χ4v) is 3.01. The van der Waals surface area contributed by atoms with Crippen LogP contribution in [0.15, 0.2) is 36.0 Å². The van der Waals surface area contributed by atoms with Gasteiger partial charge in [-0.1, -0.05) is 0 Å². The predicted molar refractivity (Wildman–Crippen MR) is 76.7 cm³/mol. The molecule has 1 atom stereocenters. The van der Waals surface area contributed by atoms with Crippen molar-refractivity contribution in [2.75, 3.05) is 0 Å². The average molecular weight is 273 g/mol. The van der Waals surface area contributed by atoms with Gasteiger partial charge in [0.2, 0.25) is 0 Å². The molecule has 98 valence electrons. The summed E-state index contributed by atoms with van der Waals surface area (Å²) in [5.41, 5.74) is 5.97. The molecule has 6 heteroatoms. The molecule has 0 spiro atoms. The Bertz CT molecular complexity index is 687. The van der Waals surface area contributed by atoms with Crippen LogP contribution in [0, 0.1) is 0 Å². The lowest BCUT2D eigenvalue weighted by molar-refractivity contribution is 0.543. The van der Waals surface area contributed by atoms with Gasteiger partial charge in [-0.3, -0.25) is 15.5 Å². The minimum Gasteiger partial charge on any atom is -0.271 e. The van der Waals surface area contributed by atoms with E-state index in [1.165, 1.54) is 4.70 Å². The Labute approximate surface area is 115 Å². The summed E-state index contributed by atoms with van der Waals surface area (Å²) in [6, 6.07) is 6.03. The molecular weight excluding hydrogens is 258 g/mol. The van der Waals surface area contributed by atoms with Crippen LogP contribution >= 0.6 is 11.3 Å². The van der Waals surface area contributed by atoms with E-state index in [0.717, 1.165) is 23.3 Å². The number of hydrogen-bond donors (Lipinski definition) is 2. The van der Waals surface area contributed by atoms with Gasteiger partial charge in [0.05, 0.1) is 22.0 Å². The molecule has 3 aromatic heterocycles. The maximum absolute atomic E-state index is 5.72. The molecule has 0 saturated carbocycles. The van der Waals surface area contributed by atoms with Gasteiger partial charge in [-0.15, -0.1) is 11.3 Å². The van der Waals surface area contributed by atoms with E-state index in [-0.39, 0.29) is 6.04 Å². The van der Waals surface area contributed by atoms with Crippen molar-refractivity contribution in [1.29, 1.82) is 0 Å². The standard InChI is InChI=1S/C13H15N5S/c1-2-18-11(3-5-16-18)13(17-14)9-7-12-10(15-8-9)4-6-19-12/h3-8,13,17H,2,14H2,1H3. The van der Waals surface area contributed by atoms with Gasteiger partial charge in [0.25, 0.3) is 0 Å². The van der Waals surface area contributed by atoms with E-state index in [4.69, 9.17) is 5.84 Å². The number of rotatable bonds is 4. The first kappa shape index (κ1) is 12.3. The van der Waals surface area contributed by atoms with Gasteiger partial charge in [0.1, 0.15) is 0 Å². The zero-order valence-electron chi connectivity index (χ0n) is 10.6. The Morgan fingerprint density at radius 2 is 2.37 bits per heavy atom. The first-order valence-electron chi connectivity index (χ1n) is 6.14. The van der Waals surface area contributed by atoms with Crippen molar-refractivity contribution in [2.45, 2.75) is 19.5 Å². The molecule has 3 N–H and O–H groups in total. The van der Waals surface area contributed by atoms with E-state index < -0.39 is 0 Å². The van der Waals surface area contributed by atoms with Crippen molar-refractivity contribution >= 4 is 21.6 Å². The summed E-state index contributed by atoms with van der Waals surface area (Å²) >= 11 is 1.68. The second-order valence-electron chi connectivity index (χ2n) is 4.24. The van der Waals surface area contributed by atoms with Crippen molar-refractivity contribution in [1.82, 2.24) is 20.2 Å². The lowest BCUT2D eigenvalue weighted by Crippen LogP contribution is -2.30. The lowest BCUT2D eigenvalue weighted by atomic mass is 10.1. The molecule has 0 aliphatic heterocycles. The summed E-state index contributed by atoms with van der Waals surface area (Å²) in [7, 11) is 0. The van der Waals surface area contributed by atoms with Gasteiger partial charge in [0, 0.05) is 18.9 Å². The number of thiophene rings is 1. The van der Waals surface area contributed by atoms with Crippen LogP contribution in [0.1, 0.15) is 24.2 Å². The van der Waals surface area contributed by atoms with Crippen LogP contribution in [0.25, 0.3) is 10.2 Å². The maximum atomic E-state index is 5.72. The molecule has 0 saturated heterocycles. The summed E-state index contributed by atoms with van der Waals surface area (Å²) in [6.45, 7) is 2.87. The Morgan fingerprint density at radius 1 is 1.47 bits per heavy atom. The van der Waals surface area contributed by atoms with Gasteiger partial charge < -0.3 is 0 Å². The third kappa shape index (κ3) is 2.14. The molecule has 3 aromatic rings. The van der Waals surface area contributed by atoms with Crippen molar-refractivity contribution in [3.63, 3.8) is 0 Å². The van der Waals surface area contributed by atoms with Crippen LogP contribution in [0.2, 0.25) is 0 Å². The van der Waals surface area contributed by atoms with Gasteiger partial charge in [-0.2, -0.15) is 5.10 Å². The van der Waals surface area contributed by atoms with Crippen molar-refractivity contribution in [2.24, 2.45) is 5.84 Å². The first-order valence-corrected chi connectivity index (χ1v) is 7.02. The van der Waals surface area contributed by atoms with Crippen LogP contribution < -0.4 is 11.3 Å². The van der Waals surface area contributed by atoms with Gasteiger partial charge in [-0.05, 0) is 36.1 Å². The molecule has 0 aliphatic carbocycles. The summed E-state index contributed by atoms with van der Waals surface area (Å²) in [5.74, 6) is 5.72. The largest absolute Gasteiger partial charge is 0.271 e. The number of hydrazine groups is 1. The minimum absolute atomic E-state index is 0.0959. The smallest absolute Gasteiger partial charge is 0.0893 e. The first-order chi connectivity index (χ1) is 9.33. The third-order valence-corrected chi connectivity index (χ3v) is 4.02. The molecule has 3 heterocycles. The van der Waals surface area contributed by atoms with Gasteiger partial charge in [-0.25, -0.2) is 5.43 Å². The molecule has 0 radical (unpaired) electrons. The fourth-order valence-electron chi connectivity index (χ4n) is 2.22. The van der Waals surface area contributed by atoms with Crippen molar-refractivity contribution in [3.05, 3.63) is 47.2 Å². The molecule has 19 heavy (non-hydrogen) atoms. The number of nitrogens with two attached hydrogens (primary N) is 1. The SMILES string of the molecule is CCn1nccc1C(NN)c1cnc2ccsc2c1. The molecule has 5 nitrogen and oxygen atoms in total. The zero-order valence-corrected chi connectivity index (χ0v) is 11.4. The van der Waals surface area contributed by atoms with Crippen molar-refractivity contribution < 1.29 is 0 Å². The van der Waals surface area contributed by atoms with E-state index in [1.807, 2.05) is 28.4 Å². The lowest BCUT2D eigenvalue weighted by Gasteiger charge is -2.17. The molecule has 0 amide bonds. The summed E-state index contributed by atoms with van der Waals surface area (Å²) in [5, 5.41) is 6.33. The predicted octanol–water partition coefficient (Wildman–Crippen LogP) is 2.07. The Kier molecular flexibility index (Phi) is 3.29. The molecular formula is C13H15N5S. The second-order valence-corrected chi connectivity index (χ2v) is 5.19. The number of pyridine rings is 1. The Balaban J connectivity index is 2.06. The maximum Gasteiger partial charge on any atom is 0.0893 e. The number of nitrogens with one attached hydrogen (secondary N) is 1. The second kappa shape index (κ2) is 5.08. The van der Waals surface area contributed by atoms with Crippen LogP contribution in [0.4, 0.5) is 0 Å². The van der Waals surface area contributed by atoms with Crippen LogP contribution in [0.5, 0.6) is 0 Å². The third-order valence-electron chi connectivity index (χ3n) is 3.17. The molecule has 3 rings (SSSR count). The highest BCUT2D eigenvalue weighted by molar-refractivity contribution is 7.17. The van der Waals surface area contributed by atoms with Gasteiger partial charge >= 0.3 is 0 Å². The summed E-state index contributed by atoms with van der Waals surface area (Å²) in [4.78, 5) is 4.46. The van der Waals surface area contributed by atoms with E-state index >= 15 is 0 Å². The number of aryl methyl sites for hydroxylation is 1. The summed E-state index contributed by atoms with van der Waals surface area (Å²) < 4.78 is 3.10. The minimum atomic E-state index is -0.0959. The van der Waals surface area contributed by atoms with E-state index in [9.17, 15) is 0 Å². The van der Waals surface area contributed by atoms with E-state index in [0.29, 0.717) is 0 Å². The number of hydrogen-bond acceptors (Lipinski definition) is 5. The van der Waals surface area contributed by atoms with Crippen LogP contribution in [-0.2, 0) is 6.54 Å². The topological polar surface area (TPSA) is 68.8 Å². The number of aromatic nitrogens is 3. The Morgan fingerprint density at radius 3 is 3.16 bits per heavy atom. The highest BCUT2D eigenvalue weighted by atomic mass is 32.1. The normalized spacial score (nSPS) is 12.9. The number of fused-ring (bicyclic) bond motifs is 1. The molecule has 1 unspecified atom stereocenters. The number of nitrogens with zero attached hydrogens (tertiary/aromatic N) is 3. The Hall–Kier alpha value is -1.76. The quantitative estimate of drug-likeness (QED) is 0.564. The molecule has 0 bridgehead atoms. The van der Waals surface area contributed by atoms with Crippen molar-refractivity contribution in [3.8, 4) is 0 Å². The molecule has 0 aliphatic rings. The average Bonchev–Trinajstić information content (AvgIpc) is 3.07. The van der Waals surface area contributed by atoms with E-state index in [1.54, 1.807) is 17.5 Å². The van der Waals surface area contributed by atoms with Gasteiger partial charge in [0.15, 0.2) is 0 Å². The molecule has 0 aromatic carbocycles. The fraction of sp³-hybridized carbons (Fsp3) is 0.231. The van der Waals surface area contributed by atoms with Crippen LogP contribution in [0.3, 0.4) is 0 Å². The van der Waals surface area contributed by atoms with E-state index in [2.05, 4.69) is 28.5 Å².